The van der Waals surface area contributed by atoms with E-state index in [1.807, 2.05) is 22.8 Å². The van der Waals surface area contributed by atoms with Crippen LogP contribution in [-0.4, -0.2) is 26.4 Å². The summed E-state index contributed by atoms with van der Waals surface area (Å²) in [6.45, 7) is 0.848. The van der Waals surface area contributed by atoms with Crippen molar-refractivity contribution in [2.24, 2.45) is 0 Å². The molecule has 0 radical (unpaired) electrons. The minimum absolute atomic E-state index is 0.182. The number of nitrogens with one attached hydrogen (secondary N) is 1. The van der Waals surface area contributed by atoms with Crippen LogP contribution in [0.5, 0.6) is 0 Å². The number of fused-ring (bicyclic) bond motifs is 1. The molecule has 0 atom stereocenters. The molecule has 98 valence electrons. The number of hydrogen-bond donors (Lipinski definition) is 1. The van der Waals surface area contributed by atoms with Gasteiger partial charge in [0.2, 0.25) is 5.95 Å². The molecule has 0 aliphatic carbocycles. The molecule has 0 unspecified atom stereocenters. The molecule has 2 aromatic rings. The van der Waals surface area contributed by atoms with E-state index >= 15 is 0 Å². The highest BCUT2D eigenvalue weighted by Gasteiger charge is 2.19. The van der Waals surface area contributed by atoms with Gasteiger partial charge in [-0.2, -0.15) is 0 Å². The minimum Gasteiger partial charge on any atom is -0.290 e. The predicted octanol–water partition coefficient (Wildman–Crippen LogP) is 2.79. The van der Waals surface area contributed by atoms with Crippen LogP contribution in [-0.2, 0) is 6.54 Å². The van der Waals surface area contributed by atoms with Crippen LogP contribution in [0.1, 0.15) is 16.8 Å². The number of carbonyl (C=O) groups is 1. The van der Waals surface area contributed by atoms with Gasteiger partial charge in [0.25, 0.3) is 5.91 Å². The maximum absolute atomic E-state index is 12.2. The van der Waals surface area contributed by atoms with Gasteiger partial charge in [-0.3, -0.25) is 14.7 Å². The molecule has 0 spiro atoms. The molecule has 1 aromatic carbocycles. The predicted molar refractivity (Wildman–Crippen MR) is 77.5 cm³/mol. The molecule has 0 saturated heterocycles. The zero-order valence-corrected chi connectivity index (χ0v) is 12.4. The summed E-state index contributed by atoms with van der Waals surface area (Å²) in [5.41, 5.74) is 0.586. The van der Waals surface area contributed by atoms with Gasteiger partial charge in [0.1, 0.15) is 0 Å². The SMILES string of the molecule is O=C(Nc1nnc2n1CCCS2)c1ccccc1Br. The Morgan fingerprint density at radius 3 is 3.05 bits per heavy atom. The summed E-state index contributed by atoms with van der Waals surface area (Å²) in [6.07, 6.45) is 1.06. The molecule has 1 aliphatic heterocycles. The zero-order valence-electron chi connectivity index (χ0n) is 9.97. The van der Waals surface area contributed by atoms with Crippen molar-refractivity contribution < 1.29 is 4.79 Å². The quantitative estimate of drug-likeness (QED) is 0.914. The Hall–Kier alpha value is -1.34. The number of halogens is 1. The fourth-order valence-electron chi connectivity index (χ4n) is 1.89. The molecule has 7 heteroatoms. The van der Waals surface area contributed by atoms with Crippen LogP contribution >= 0.6 is 27.7 Å². The first-order valence-corrected chi connectivity index (χ1v) is 7.65. The van der Waals surface area contributed by atoms with Gasteiger partial charge in [0.15, 0.2) is 5.16 Å². The number of carbonyl (C=O) groups excluding carboxylic acids is 1. The first kappa shape index (κ1) is 12.7. The highest BCUT2D eigenvalue weighted by molar-refractivity contribution is 9.10. The summed E-state index contributed by atoms with van der Waals surface area (Å²) in [6, 6.07) is 7.30. The lowest BCUT2D eigenvalue weighted by molar-refractivity contribution is 0.102. The van der Waals surface area contributed by atoms with E-state index in [1.165, 1.54) is 0 Å². The molecule has 0 saturated carbocycles. The van der Waals surface area contributed by atoms with E-state index in [1.54, 1.807) is 17.8 Å². The highest BCUT2D eigenvalue weighted by atomic mass is 79.9. The van der Waals surface area contributed by atoms with Crippen LogP contribution in [0.15, 0.2) is 33.9 Å². The second-order valence-corrected chi connectivity index (χ2v) is 6.01. The molecule has 3 rings (SSSR count). The smallest absolute Gasteiger partial charge is 0.259 e. The van der Waals surface area contributed by atoms with Crippen LogP contribution in [0.4, 0.5) is 5.95 Å². The second-order valence-electron chi connectivity index (χ2n) is 4.09. The van der Waals surface area contributed by atoms with E-state index in [4.69, 9.17) is 0 Å². The number of hydrogen-bond acceptors (Lipinski definition) is 4. The van der Waals surface area contributed by atoms with Crippen molar-refractivity contribution in [3.05, 3.63) is 34.3 Å². The molecular weight excluding hydrogens is 328 g/mol. The first-order valence-electron chi connectivity index (χ1n) is 5.87. The van der Waals surface area contributed by atoms with Crippen LogP contribution in [0.2, 0.25) is 0 Å². The topological polar surface area (TPSA) is 59.8 Å². The van der Waals surface area contributed by atoms with Gasteiger partial charge in [-0.15, -0.1) is 10.2 Å². The van der Waals surface area contributed by atoms with Crippen molar-refractivity contribution in [1.29, 1.82) is 0 Å². The van der Waals surface area contributed by atoms with E-state index in [2.05, 4.69) is 31.4 Å². The van der Waals surface area contributed by atoms with Gasteiger partial charge < -0.3 is 0 Å². The molecule has 1 amide bonds. The van der Waals surface area contributed by atoms with Crippen molar-refractivity contribution in [2.75, 3.05) is 11.1 Å². The number of nitrogens with zero attached hydrogens (tertiary/aromatic N) is 3. The normalized spacial score (nSPS) is 13.9. The van der Waals surface area contributed by atoms with Gasteiger partial charge >= 0.3 is 0 Å². The number of anilines is 1. The Morgan fingerprint density at radius 1 is 1.37 bits per heavy atom. The second kappa shape index (κ2) is 5.34. The van der Waals surface area contributed by atoms with Gasteiger partial charge in [-0.1, -0.05) is 23.9 Å². The average molecular weight is 339 g/mol. The monoisotopic (exact) mass is 338 g/mol. The van der Waals surface area contributed by atoms with Gasteiger partial charge in [0.05, 0.1) is 5.56 Å². The Kier molecular flexibility index (Phi) is 3.56. The molecule has 5 nitrogen and oxygen atoms in total. The third-order valence-corrected chi connectivity index (χ3v) is 4.56. The Morgan fingerprint density at radius 2 is 2.21 bits per heavy atom. The van der Waals surface area contributed by atoms with Crippen molar-refractivity contribution in [2.45, 2.75) is 18.1 Å². The van der Waals surface area contributed by atoms with Crippen molar-refractivity contribution in [1.82, 2.24) is 14.8 Å². The Balaban J connectivity index is 1.84. The van der Waals surface area contributed by atoms with Crippen LogP contribution in [0.25, 0.3) is 0 Å². The molecule has 1 aliphatic rings. The maximum atomic E-state index is 12.2. The van der Waals surface area contributed by atoms with Crippen molar-refractivity contribution >= 4 is 39.5 Å². The Labute approximate surface area is 122 Å². The molecule has 1 aromatic heterocycles. The minimum atomic E-state index is -0.182. The highest BCUT2D eigenvalue weighted by Crippen LogP contribution is 2.26. The number of thioether (sulfide) groups is 1. The summed E-state index contributed by atoms with van der Waals surface area (Å²) in [5.74, 6) is 1.39. The van der Waals surface area contributed by atoms with E-state index in [0.29, 0.717) is 11.5 Å². The zero-order chi connectivity index (χ0) is 13.2. The fourth-order valence-corrected chi connectivity index (χ4v) is 3.24. The number of benzene rings is 1. The average Bonchev–Trinajstić information content (AvgIpc) is 2.83. The van der Waals surface area contributed by atoms with Crippen molar-refractivity contribution in [3.63, 3.8) is 0 Å². The van der Waals surface area contributed by atoms with E-state index < -0.39 is 0 Å². The largest absolute Gasteiger partial charge is 0.290 e. The lowest BCUT2D eigenvalue weighted by Crippen LogP contribution is -2.18. The van der Waals surface area contributed by atoms with Crippen molar-refractivity contribution in [3.8, 4) is 0 Å². The van der Waals surface area contributed by atoms with E-state index in [9.17, 15) is 4.79 Å². The van der Waals surface area contributed by atoms with Crippen LogP contribution in [0, 0.1) is 0 Å². The molecule has 1 N–H and O–H groups in total. The first-order chi connectivity index (χ1) is 9.25. The number of aromatic nitrogens is 3. The number of rotatable bonds is 2. The van der Waals surface area contributed by atoms with Gasteiger partial charge in [0, 0.05) is 16.8 Å². The van der Waals surface area contributed by atoms with Gasteiger partial charge in [-0.05, 0) is 34.5 Å². The number of amides is 1. The molecule has 19 heavy (non-hydrogen) atoms. The molecule has 0 fully saturated rings. The summed E-state index contributed by atoms with van der Waals surface area (Å²) >= 11 is 5.03. The molecule has 2 heterocycles. The van der Waals surface area contributed by atoms with E-state index in [0.717, 1.165) is 28.3 Å². The van der Waals surface area contributed by atoms with Gasteiger partial charge in [-0.25, -0.2) is 0 Å². The summed E-state index contributed by atoms with van der Waals surface area (Å²) in [4.78, 5) is 12.2. The summed E-state index contributed by atoms with van der Waals surface area (Å²) in [7, 11) is 0. The third-order valence-electron chi connectivity index (χ3n) is 2.82. The van der Waals surface area contributed by atoms with Crippen LogP contribution < -0.4 is 5.32 Å². The Bertz CT molecular complexity index is 628. The standard InChI is InChI=1S/C12H11BrN4OS/c13-9-5-2-1-4-8(9)10(18)14-11-15-16-12-17(11)6-3-7-19-12/h1-2,4-5H,3,6-7H2,(H,14,15,18). The summed E-state index contributed by atoms with van der Waals surface area (Å²) in [5, 5.41) is 11.8. The maximum Gasteiger partial charge on any atom is 0.259 e. The molecule has 0 bridgehead atoms. The molecular formula is C12H11BrN4OS. The summed E-state index contributed by atoms with van der Waals surface area (Å²) < 4.78 is 2.71. The fraction of sp³-hybridized carbons (Fsp3) is 0.250. The third kappa shape index (κ3) is 2.52. The van der Waals surface area contributed by atoms with E-state index in [-0.39, 0.29) is 5.91 Å². The lowest BCUT2D eigenvalue weighted by Gasteiger charge is -2.14. The lowest BCUT2D eigenvalue weighted by atomic mass is 10.2. The van der Waals surface area contributed by atoms with Crippen LogP contribution in [0.3, 0.4) is 0 Å².